The third kappa shape index (κ3) is 2.97. The molecule has 1 aromatic carbocycles. The van der Waals surface area contributed by atoms with Crippen LogP contribution in [0.3, 0.4) is 0 Å². The second-order valence-electron chi connectivity index (χ2n) is 4.35. The Morgan fingerprint density at radius 2 is 2.16 bits per heavy atom. The number of benzene rings is 1. The van der Waals surface area contributed by atoms with Crippen LogP contribution in [0.5, 0.6) is 0 Å². The van der Waals surface area contributed by atoms with Gasteiger partial charge in [-0.2, -0.15) is 0 Å². The fourth-order valence-corrected chi connectivity index (χ4v) is 2.23. The van der Waals surface area contributed by atoms with Crippen LogP contribution in [-0.2, 0) is 13.1 Å². The van der Waals surface area contributed by atoms with E-state index in [0.29, 0.717) is 5.95 Å². The molecule has 1 aromatic heterocycles. The van der Waals surface area contributed by atoms with Crippen molar-refractivity contribution < 1.29 is 0 Å². The quantitative estimate of drug-likeness (QED) is 0.893. The maximum absolute atomic E-state index is 5.93. The van der Waals surface area contributed by atoms with Crippen molar-refractivity contribution in [3.05, 3.63) is 46.2 Å². The highest BCUT2D eigenvalue weighted by atomic mass is 35.5. The molecule has 2 heterocycles. The molecule has 0 spiro atoms. The van der Waals surface area contributed by atoms with Crippen LogP contribution in [-0.4, -0.2) is 9.97 Å². The van der Waals surface area contributed by atoms with Crippen molar-refractivity contribution in [1.29, 1.82) is 0 Å². The Balaban J connectivity index is 0.00000133. The Kier molecular flexibility index (Phi) is 4.24. The van der Waals surface area contributed by atoms with Crippen LogP contribution in [0.2, 0.25) is 5.02 Å². The number of rotatable bonds is 2. The molecule has 0 amide bonds. The van der Waals surface area contributed by atoms with E-state index in [2.05, 4.69) is 20.6 Å². The minimum Gasteiger partial charge on any atom is -0.324 e. The predicted molar refractivity (Wildman–Crippen MR) is 79.3 cm³/mol. The minimum atomic E-state index is 0. The van der Waals surface area contributed by atoms with Crippen LogP contribution >= 0.6 is 24.0 Å². The third-order valence-corrected chi connectivity index (χ3v) is 3.23. The molecule has 19 heavy (non-hydrogen) atoms. The maximum Gasteiger partial charge on any atom is 0.227 e. The van der Waals surface area contributed by atoms with E-state index in [1.165, 1.54) is 5.56 Å². The number of hydrogen-bond donors (Lipinski definition) is 2. The maximum atomic E-state index is 5.93. The Bertz CT molecular complexity index is 601. The smallest absolute Gasteiger partial charge is 0.227 e. The summed E-state index contributed by atoms with van der Waals surface area (Å²) in [7, 11) is 0. The van der Waals surface area contributed by atoms with E-state index in [0.717, 1.165) is 35.1 Å². The summed E-state index contributed by atoms with van der Waals surface area (Å²) in [6, 6.07) is 5.71. The fourth-order valence-electron chi connectivity index (χ4n) is 2.01. The lowest BCUT2D eigenvalue weighted by molar-refractivity contribution is 0.758. The third-order valence-electron chi connectivity index (χ3n) is 3.00. The summed E-state index contributed by atoms with van der Waals surface area (Å²) in [4.78, 5) is 8.81. The summed E-state index contributed by atoms with van der Waals surface area (Å²) in [6.45, 7) is 3.67. The van der Waals surface area contributed by atoms with Gasteiger partial charge in [0.25, 0.3) is 0 Å². The van der Waals surface area contributed by atoms with Gasteiger partial charge in [-0.25, -0.2) is 9.97 Å². The van der Waals surface area contributed by atoms with Crippen LogP contribution in [0.4, 0.5) is 11.6 Å². The predicted octanol–water partition coefficient (Wildman–Crippen LogP) is 3.21. The van der Waals surface area contributed by atoms with Crippen molar-refractivity contribution in [3.8, 4) is 0 Å². The fraction of sp³-hybridized carbons (Fsp3) is 0.231. The van der Waals surface area contributed by atoms with E-state index in [4.69, 9.17) is 11.6 Å². The molecular formula is C13H14Cl2N4. The molecule has 0 aliphatic carbocycles. The Hall–Kier alpha value is -1.36. The Labute approximate surface area is 123 Å². The van der Waals surface area contributed by atoms with Gasteiger partial charge in [0.1, 0.15) is 0 Å². The molecule has 0 radical (unpaired) electrons. The second-order valence-corrected chi connectivity index (χ2v) is 4.79. The lowest BCUT2D eigenvalue weighted by atomic mass is 10.2. The molecule has 100 valence electrons. The normalized spacial score (nSPS) is 12.7. The van der Waals surface area contributed by atoms with Crippen LogP contribution in [0.1, 0.15) is 16.8 Å². The van der Waals surface area contributed by atoms with Gasteiger partial charge in [0.05, 0.1) is 5.69 Å². The van der Waals surface area contributed by atoms with E-state index < -0.39 is 0 Å². The molecule has 1 aliphatic heterocycles. The average Bonchev–Trinajstić information content (AvgIpc) is 2.80. The topological polar surface area (TPSA) is 49.8 Å². The van der Waals surface area contributed by atoms with E-state index in [-0.39, 0.29) is 12.4 Å². The van der Waals surface area contributed by atoms with Crippen LogP contribution in [0.25, 0.3) is 0 Å². The molecule has 0 bridgehead atoms. The zero-order valence-electron chi connectivity index (χ0n) is 10.4. The molecule has 0 unspecified atom stereocenters. The van der Waals surface area contributed by atoms with E-state index in [1.807, 2.05) is 31.3 Å². The number of hydrogen-bond acceptors (Lipinski definition) is 4. The van der Waals surface area contributed by atoms with Crippen LogP contribution < -0.4 is 10.6 Å². The summed E-state index contributed by atoms with van der Waals surface area (Å²) >= 11 is 5.93. The molecule has 0 atom stereocenters. The Morgan fingerprint density at radius 1 is 1.32 bits per heavy atom. The number of nitrogens with one attached hydrogen (secondary N) is 2. The summed E-state index contributed by atoms with van der Waals surface area (Å²) in [6.07, 6.45) is 1.87. The molecule has 2 aromatic rings. The molecule has 0 fully saturated rings. The highest BCUT2D eigenvalue weighted by Crippen LogP contribution is 2.22. The molecule has 3 rings (SSSR count). The second kappa shape index (κ2) is 5.74. The van der Waals surface area contributed by atoms with Crippen molar-refractivity contribution in [2.45, 2.75) is 20.0 Å². The van der Waals surface area contributed by atoms with Gasteiger partial charge in [0.2, 0.25) is 5.95 Å². The first-order chi connectivity index (χ1) is 8.72. The molecule has 0 saturated carbocycles. The van der Waals surface area contributed by atoms with Crippen molar-refractivity contribution in [3.63, 3.8) is 0 Å². The summed E-state index contributed by atoms with van der Waals surface area (Å²) < 4.78 is 0. The first-order valence-corrected chi connectivity index (χ1v) is 6.19. The number of anilines is 2. The largest absolute Gasteiger partial charge is 0.324 e. The lowest BCUT2D eigenvalue weighted by Gasteiger charge is -2.09. The first kappa shape index (κ1) is 14.1. The van der Waals surface area contributed by atoms with Gasteiger partial charge >= 0.3 is 0 Å². The van der Waals surface area contributed by atoms with Gasteiger partial charge in [-0.3, -0.25) is 0 Å². The van der Waals surface area contributed by atoms with Crippen LogP contribution in [0, 0.1) is 6.92 Å². The highest BCUT2D eigenvalue weighted by Gasteiger charge is 2.13. The van der Waals surface area contributed by atoms with Gasteiger partial charge in [-0.05, 0) is 30.7 Å². The number of fused-ring (bicyclic) bond motifs is 1. The number of nitrogens with zero attached hydrogens (tertiary/aromatic N) is 2. The molecule has 4 nitrogen and oxygen atoms in total. The average molecular weight is 297 g/mol. The van der Waals surface area contributed by atoms with E-state index in [1.54, 1.807) is 0 Å². The monoisotopic (exact) mass is 296 g/mol. The van der Waals surface area contributed by atoms with Crippen molar-refractivity contribution in [1.82, 2.24) is 15.3 Å². The van der Waals surface area contributed by atoms with Crippen molar-refractivity contribution >= 4 is 35.6 Å². The van der Waals surface area contributed by atoms with Gasteiger partial charge in [0.15, 0.2) is 0 Å². The number of aryl methyl sites for hydroxylation is 1. The highest BCUT2D eigenvalue weighted by molar-refractivity contribution is 6.30. The van der Waals surface area contributed by atoms with Gasteiger partial charge in [-0.15, -0.1) is 12.4 Å². The SMILES string of the molecule is Cc1cc(Cl)ccc1Nc1ncc2c(n1)CNC2.Cl. The van der Waals surface area contributed by atoms with Crippen molar-refractivity contribution in [2.75, 3.05) is 5.32 Å². The number of halogens is 2. The van der Waals surface area contributed by atoms with Gasteiger partial charge in [-0.1, -0.05) is 11.6 Å². The summed E-state index contributed by atoms with van der Waals surface area (Å²) in [5.41, 5.74) is 4.29. The first-order valence-electron chi connectivity index (χ1n) is 5.81. The Morgan fingerprint density at radius 3 is 2.95 bits per heavy atom. The molecule has 1 aliphatic rings. The molecular weight excluding hydrogens is 283 g/mol. The van der Waals surface area contributed by atoms with E-state index in [9.17, 15) is 0 Å². The summed E-state index contributed by atoms with van der Waals surface area (Å²) in [5.74, 6) is 0.628. The molecule has 0 saturated heterocycles. The zero-order chi connectivity index (χ0) is 12.5. The minimum absolute atomic E-state index is 0. The zero-order valence-corrected chi connectivity index (χ0v) is 12.0. The van der Waals surface area contributed by atoms with E-state index >= 15 is 0 Å². The molecule has 6 heteroatoms. The standard InChI is InChI=1S/C13H13ClN4.ClH/c1-8-4-10(14)2-3-11(8)17-13-16-6-9-5-15-7-12(9)18-13;/h2-4,6,15H,5,7H2,1H3,(H,16,17,18);1H. The molecule has 2 N–H and O–H groups in total. The van der Waals surface area contributed by atoms with Gasteiger partial charge in [0, 0.05) is 35.6 Å². The summed E-state index contributed by atoms with van der Waals surface area (Å²) in [5, 5.41) is 7.20. The van der Waals surface area contributed by atoms with Crippen LogP contribution in [0.15, 0.2) is 24.4 Å². The number of aromatic nitrogens is 2. The van der Waals surface area contributed by atoms with Crippen molar-refractivity contribution in [2.24, 2.45) is 0 Å². The lowest BCUT2D eigenvalue weighted by Crippen LogP contribution is -2.02. The van der Waals surface area contributed by atoms with Gasteiger partial charge < -0.3 is 10.6 Å².